The molecule has 0 aromatic heterocycles. The summed E-state index contributed by atoms with van der Waals surface area (Å²) in [5.74, 6) is -0.238. The number of phenols is 1. The maximum Gasteiger partial charge on any atom is 0.259 e. The molecule has 0 saturated heterocycles. The van der Waals surface area contributed by atoms with Crippen LogP contribution in [0.25, 0.3) is 0 Å². The number of nitrogens with one attached hydrogen (secondary N) is 2. The first kappa shape index (κ1) is 24.8. The SMILES string of the molecule is Cc1cc(CCC(=O)NS(C)(=O)=O)cc(C)c1Oc1ccc(O)c(C(=O)Nc2ccccc2)c1. The third-order valence-corrected chi connectivity index (χ3v) is 5.52. The average Bonchev–Trinajstić information content (AvgIpc) is 2.75. The van der Waals surface area contributed by atoms with E-state index < -0.39 is 21.8 Å². The van der Waals surface area contributed by atoms with Crippen molar-refractivity contribution in [3.63, 3.8) is 0 Å². The van der Waals surface area contributed by atoms with Crippen LogP contribution >= 0.6 is 0 Å². The zero-order valence-corrected chi connectivity index (χ0v) is 19.9. The molecular weight excluding hydrogens is 456 g/mol. The number of aryl methyl sites for hydroxylation is 3. The highest BCUT2D eigenvalue weighted by atomic mass is 32.2. The van der Waals surface area contributed by atoms with Crippen LogP contribution in [0, 0.1) is 13.8 Å². The highest BCUT2D eigenvalue weighted by molar-refractivity contribution is 7.89. The minimum atomic E-state index is -3.58. The predicted octanol–water partition coefficient (Wildman–Crippen LogP) is 4.06. The van der Waals surface area contributed by atoms with Gasteiger partial charge in [0.05, 0.1) is 11.8 Å². The van der Waals surface area contributed by atoms with Gasteiger partial charge < -0.3 is 15.2 Å². The lowest BCUT2D eigenvalue weighted by Gasteiger charge is -2.15. The maximum atomic E-state index is 12.6. The average molecular weight is 483 g/mol. The zero-order chi connectivity index (χ0) is 24.9. The van der Waals surface area contributed by atoms with Crippen molar-refractivity contribution < 1.29 is 27.9 Å². The molecule has 0 spiro atoms. The molecule has 3 aromatic rings. The lowest BCUT2D eigenvalue weighted by molar-refractivity contribution is -0.119. The number of anilines is 1. The number of rotatable bonds is 8. The summed E-state index contributed by atoms with van der Waals surface area (Å²) in [5.41, 5.74) is 3.15. The molecule has 0 aliphatic rings. The first-order valence-corrected chi connectivity index (χ1v) is 12.4. The molecule has 0 bridgehead atoms. The van der Waals surface area contributed by atoms with Crippen molar-refractivity contribution in [2.75, 3.05) is 11.6 Å². The van der Waals surface area contributed by atoms with Crippen LogP contribution in [0.15, 0.2) is 60.7 Å². The molecule has 0 unspecified atom stereocenters. The van der Waals surface area contributed by atoms with Gasteiger partial charge in [-0.15, -0.1) is 0 Å². The number of phenolic OH excluding ortho intramolecular Hbond substituents is 1. The number of amides is 2. The quantitative estimate of drug-likeness (QED) is 0.445. The Kier molecular flexibility index (Phi) is 7.57. The van der Waals surface area contributed by atoms with Gasteiger partial charge in [-0.2, -0.15) is 0 Å². The van der Waals surface area contributed by atoms with Crippen LogP contribution in [-0.4, -0.2) is 31.6 Å². The van der Waals surface area contributed by atoms with E-state index in [1.165, 1.54) is 12.1 Å². The van der Waals surface area contributed by atoms with Gasteiger partial charge in [0.25, 0.3) is 5.91 Å². The van der Waals surface area contributed by atoms with Crippen molar-refractivity contribution >= 4 is 27.5 Å². The van der Waals surface area contributed by atoms with E-state index in [1.54, 1.807) is 30.3 Å². The maximum absolute atomic E-state index is 12.6. The van der Waals surface area contributed by atoms with Gasteiger partial charge in [0.1, 0.15) is 17.2 Å². The van der Waals surface area contributed by atoms with E-state index in [-0.39, 0.29) is 17.7 Å². The van der Waals surface area contributed by atoms with Gasteiger partial charge in [-0.05, 0) is 67.3 Å². The van der Waals surface area contributed by atoms with Crippen LogP contribution in [0.2, 0.25) is 0 Å². The van der Waals surface area contributed by atoms with Gasteiger partial charge in [0, 0.05) is 12.1 Å². The van der Waals surface area contributed by atoms with Gasteiger partial charge >= 0.3 is 0 Å². The second kappa shape index (κ2) is 10.4. The Labute approximate surface area is 198 Å². The predicted molar refractivity (Wildman–Crippen MR) is 130 cm³/mol. The second-order valence-corrected chi connectivity index (χ2v) is 9.71. The highest BCUT2D eigenvalue weighted by Gasteiger charge is 2.15. The van der Waals surface area contributed by atoms with Gasteiger partial charge in [-0.3, -0.25) is 14.3 Å². The Morgan fingerprint density at radius 1 is 0.971 bits per heavy atom. The summed E-state index contributed by atoms with van der Waals surface area (Å²) in [7, 11) is -3.58. The minimum absolute atomic E-state index is 0.0317. The Bertz CT molecular complexity index is 1300. The van der Waals surface area contributed by atoms with E-state index in [9.17, 15) is 23.1 Å². The summed E-state index contributed by atoms with van der Waals surface area (Å²) in [4.78, 5) is 24.4. The molecule has 0 heterocycles. The van der Waals surface area contributed by atoms with Gasteiger partial charge in [-0.25, -0.2) is 8.42 Å². The highest BCUT2D eigenvalue weighted by Crippen LogP contribution is 2.32. The van der Waals surface area contributed by atoms with E-state index in [0.29, 0.717) is 23.6 Å². The molecule has 8 nitrogen and oxygen atoms in total. The standard InChI is InChI=1S/C25H26N2O6S/c1-16-13-18(9-12-23(29)27-34(3,31)32)14-17(2)24(16)33-20-10-11-22(28)21(15-20)25(30)26-19-7-5-4-6-8-19/h4-8,10-11,13-15,28H,9,12H2,1-3H3,(H,26,30)(H,27,29). The smallest absolute Gasteiger partial charge is 0.259 e. The molecule has 34 heavy (non-hydrogen) atoms. The molecule has 3 rings (SSSR count). The summed E-state index contributed by atoms with van der Waals surface area (Å²) in [6.45, 7) is 3.71. The van der Waals surface area contributed by atoms with Crippen LogP contribution < -0.4 is 14.8 Å². The largest absolute Gasteiger partial charge is 0.507 e. The van der Waals surface area contributed by atoms with Crippen LogP contribution in [0.4, 0.5) is 5.69 Å². The van der Waals surface area contributed by atoms with Crippen molar-refractivity contribution in [2.45, 2.75) is 26.7 Å². The Balaban J connectivity index is 1.74. The molecule has 0 aliphatic carbocycles. The van der Waals surface area contributed by atoms with Crippen molar-refractivity contribution in [3.05, 3.63) is 82.9 Å². The molecule has 178 valence electrons. The molecule has 9 heteroatoms. The number of carbonyl (C=O) groups excluding carboxylic acids is 2. The lowest BCUT2D eigenvalue weighted by Crippen LogP contribution is -2.29. The lowest BCUT2D eigenvalue weighted by atomic mass is 10.0. The fourth-order valence-corrected chi connectivity index (χ4v) is 3.97. The summed E-state index contributed by atoms with van der Waals surface area (Å²) in [6.07, 6.45) is 1.34. The van der Waals surface area contributed by atoms with Gasteiger partial charge in [0.2, 0.25) is 15.9 Å². The number of para-hydroxylation sites is 1. The second-order valence-electron chi connectivity index (χ2n) is 7.96. The summed E-state index contributed by atoms with van der Waals surface area (Å²) < 4.78 is 30.3. The zero-order valence-electron chi connectivity index (χ0n) is 19.1. The Morgan fingerprint density at radius 2 is 1.62 bits per heavy atom. The van der Waals surface area contributed by atoms with E-state index in [1.807, 2.05) is 36.8 Å². The number of hydrogen-bond donors (Lipinski definition) is 3. The molecule has 0 atom stereocenters. The molecule has 0 aliphatic heterocycles. The Morgan fingerprint density at radius 3 is 2.24 bits per heavy atom. The summed E-state index contributed by atoms with van der Waals surface area (Å²) in [6, 6.07) is 17.1. The van der Waals surface area contributed by atoms with E-state index in [4.69, 9.17) is 4.74 Å². The van der Waals surface area contributed by atoms with Crippen molar-refractivity contribution in [2.24, 2.45) is 0 Å². The third kappa shape index (κ3) is 6.82. The number of ether oxygens (including phenoxy) is 1. The number of aromatic hydroxyl groups is 1. The minimum Gasteiger partial charge on any atom is -0.507 e. The number of carbonyl (C=O) groups is 2. The van der Waals surface area contributed by atoms with Crippen molar-refractivity contribution in [1.82, 2.24) is 4.72 Å². The fraction of sp³-hybridized carbons (Fsp3) is 0.200. The van der Waals surface area contributed by atoms with Crippen molar-refractivity contribution in [3.8, 4) is 17.2 Å². The molecule has 2 amide bonds. The number of hydrogen-bond acceptors (Lipinski definition) is 6. The van der Waals surface area contributed by atoms with Crippen LogP contribution in [0.5, 0.6) is 17.2 Å². The molecule has 0 saturated carbocycles. The topological polar surface area (TPSA) is 122 Å². The normalized spacial score (nSPS) is 11.0. The molecule has 0 radical (unpaired) electrons. The monoisotopic (exact) mass is 482 g/mol. The molecule has 3 aromatic carbocycles. The van der Waals surface area contributed by atoms with Gasteiger partial charge in [0.15, 0.2) is 0 Å². The fourth-order valence-electron chi connectivity index (χ4n) is 3.46. The van der Waals surface area contributed by atoms with Crippen LogP contribution in [-0.2, 0) is 21.2 Å². The van der Waals surface area contributed by atoms with E-state index in [2.05, 4.69) is 5.32 Å². The third-order valence-electron chi connectivity index (χ3n) is 4.92. The number of benzene rings is 3. The Hall–Kier alpha value is -3.85. The van der Waals surface area contributed by atoms with Crippen molar-refractivity contribution in [1.29, 1.82) is 0 Å². The van der Waals surface area contributed by atoms with E-state index >= 15 is 0 Å². The van der Waals surface area contributed by atoms with Gasteiger partial charge in [-0.1, -0.05) is 30.3 Å². The molecule has 0 fully saturated rings. The van der Waals surface area contributed by atoms with E-state index in [0.717, 1.165) is 22.9 Å². The number of sulfonamides is 1. The summed E-state index contributed by atoms with van der Waals surface area (Å²) in [5, 5.41) is 12.9. The molecule has 3 N–H and O–H groups in total. The first-order valence-electron chi connectivity index (χ1n) is 10.5. The van der Waals surface area contributed by atoms with Crippen LogP contribution in [0.1, 0.15) is 33.5 Å². The summed E-state index contributed by atoms with van der Waals surface area (Å²) >= 11 is 0. The van der Waals surface area contributed by atoms with Crippen LogP contribution in [0.3, 0.4) is 0 Å². The first-order chi connectivity index (χ1) is 16.0. The molecular formula is C25H26N2O6S.